The van der Waals surface area contributed by atoms with Crippen molar-refractivity contribution >= 4 is 17.6 Å². The summed E-state index contributed by atoms with van der Waals surface area (Å²) in [5.41, 5.74) is 1.39. The Morgan fingerprint density at radius 2 is 1.81 bits per heavy atom. The molecule has 0 spiro atoms. The lowest BCUT2D eigenvalue weighted by atomic mass is 10.1. The summed E-state index contributed by atoms with van der Waals surface area (Å²) in [6.45, 7) is 1.81. The zero-order chi connectivity index (χ0) is 15.2. The Bertz CT molecular complexity index is 598. The lowest BCUT2D eigenvalue weighted by molar-refractivity contribution is -0.0295. The van der Waals surface area contributed by atoms with Gasteiger partial charge in [-0.1, -0.05) is 48.0 Å². The predicted molar refractivity (Wildman–Crippen MR) is 82.5 cm³/mol. The Labute approximate surface area is 129 Å². The molecule has 0 radical (unpaired) electrons. The molecule has 2 aromatic carbocycles. The van der Waals surface area contributed by atoms with Crippen LogP contribution in [0.25, 0.3) is 0 Å². The maximum atomic E-state index is 12.1. The number of benzene rings is 2. The van der Waals surface area contributed by atoms with Gasteiger partial charge < -0.3 is 9.47 Å². The Balaban J connectivity index is 2.09. The van der Waals surface area contributed by atoms with E-state index in [4.69, 9.17) is 21.1 Å². The Hall–Kier alpha value is -1.84. The molecule has 0 bridgehead atoms. The Morgan fingerprint density at radius 1 is 1.10 bits per heavy atom. The molecule has 0 N–H and O–H groups in total. The van der Waals surface area contributed by atoms with E-state index in [1.54, 1.807) is 31.4 Å². The molecule has 2 unspecified atom stereocenters. The van der Waals surface area contributed by atoms with Crippen LogP contribution in [0.15, 0.2) is 54.6 Å². The van der Waals surface area contributed by atoms with Gasteiger partial charge in [0, 0.05) is 12.1 Å². The second-order valence-electron chi connectivity index (χ2n) is 4.69. The number of rotatable bonds is 5. The van der Waals surface area contributed by atoms with Crippen molar-refractivity contribution in [2.75, 3.05) is 7.11 Å². The molecular formula is C17H17ClO3. The van der Waals surface area contributed by atoms with Crippen LogP contribution in [0.3, 0.4) is 0 Å². The third-order valence-electron chi connectivity index (χ3n) is 3.16. The Morgan fingerprint density at radius 3 is 2.43 bits per heavy atom. The fourth-order valence-corrected chi connectivity index (χ4v) is 2.35. The van der Waals surface area contributed by atoms with E-state index < -0.39 is 12.1 Å². The summed E-state index contributed by atoms with van der Waals surface area (Å²) < 4.78 is 10.9. The number of ether oxygens (including phenoxy) is 2. The minimum atomic E-state index is -0.414. The molecule has 3 nitrogen and oxygen atoms in total. The van der Waals surface area contributed by atoms with Crippen LogP contribution in [-0.2, 0) is 9.47 Å². The van der Waals surface area contributed by atoms with Crippen LogP contribution in [0.4, 0.5) is 0 Å². The van der Waals surface area contributed by atoms with E-state index >= 15 is 0 Å². The van der Waals surface area contributed by atoms with Gasteiger partial charge in [0.25, 0.3) is 0 Å². The van der Waals surface area contributed by atoms with Crippen molar-refractivity contribution in [2.24, 2.45) is 0 Å². The zero-order valence-electron chi connectivity index (χ0n) is 12.0. The van der Waals surface area contributed by atoms with Gasteiger partial charge in [0.05, 0.1) is 5.56 Å². The molecule has 110 valence electrons. The van der Waals surface area contributed by atoms with Crippen molar-refractivity contribution in [1.29, 1.82) is 0 Å². The minimum absolute atomic E-state index is 0.311. The quantitative estimate of drug-likeness (QED) is 0.774. The van der Waals surface area contributed by atoms with Gasteiger partial charge in [-0.2, -0.15) is 0 Å². The van der Waals surface area contributed by atoms with Gasteiger partial charge in [-0.15, -0.1) is 0 Å². The van der Waals surface area contributed by atoms with Crippen molar-refractivity contribution in [3.8, 4) is 0 Å². The SMILES string of the molecule is COC(c1ccccc1)C(C)OC(=O)c1cccc(Cl)c1. The topological polar surface area (TPSA) is 35.5 Å². The summed E-state index contributed by atoms with van der Waals surface area (Å²) in [4.78, 5) is 12.1. The standard InChI is InChI=1S/C17H17ClO3/c1-12(16(20-2)13-7-4-3-5-8-13)21-17(19)14-9-6-10-15(18)11-14/h3-12,16H,1-2H3. The van der Waals surface area contributed by atoms with Gasteiger partial charge >= 0.3 is 5.97 Å². The zero-order valence-corrected chi connectivity index (χ0v) is 12.7. The molecule has 4 heteroatoms. The summed E-state index contributed by atoms with van der Waals surface area (Å²) in [7, 11) is 1.60. The van der Waals surface area contributed by atoms with E-state index in [1.807, 2.05) is 37.3 Å². The first-order chi connectivity index (χ1) is 10.1. The van der Waals surface area contributed by atoms with Crippen molar-refractivity contribution < 1.29 is 14.3 Å². The summed E-state index contributed by atoms with van der Waals surface area (Å²) in [6, 6.07) is 16.3. The molecule has 2 rings (SSSR count). The number of carbonyl (C=O) groups excluding carboxylic acids is 1. The van der Waals surface area contributed by atoms with E-state index in [2.05, 4.69) is 0 Å². The van der Waals surface area contributed by atoms with E-state index in [9.17, 15) is 4.79 Å². The molecule has 0 aliphatic carbocycles. The van der Waals surface area contributed by atoms with Crippen molar-refractivity contribution in [3.63, 3.8) is 0 Å². The normalized spacial score (nSPS) is 13.5. The largest absolute Gasteiger partial charge is 0.456 e. The molecule has 0 saturated heterocycles. The second kappa shape index (κ2) is 7.25. The number of hydrogen-bond acceptors (Lipinski definition) is 3. The number of hydrogen-bond donors (Lipinski definition) is 0. The van der Waals surface area contributed by atoms with Gasteiger partial charge in [-0.25, -0.2) is 4.79 Å². The van der Waals surface area contributed by atoms with Crippen LogP contribution >= 0.6 is 11.6 Å². The molecule has 0 amide bonds. The van der Waals surface area contributed by atoms with Gasteiger partial charge in [0.1, 0.15) is 12.2 Å². The monoisotopic (exact) mass is 304 g/mol. The van der Waals surface area contributed by atoms with Crippen LogP contribution in [0.1, 0.15) is 28.9 Å². The molecule has 0 fully saturated rings. The number of esters is 1. The maximum absolute atomic E-state index is 12.1. The third kappa shape index (κ3) is 4.06. The fraction of sp³-hybridized carbons (Fsp3) is 0.235. The van der Waals surface area contributed by atoms with E-state index in [0.29, 0.717) is 10.6 Å². The highest BCUT2D eigenvalue weighted by Gasteiger charge is 2.23. The molecule has 0 saturated carbocycles. The van der Waals surface area contributed by atoms with E-state index in [-0.39, 0.29) is 6.10 Å². The minimum Gasteiger partial charge on any atom is -0.456 e. The van der Waals surface area contributed by atoms with Crippen molar-refractivity contribution in [3.05, 3.63) is 70.7 Å². The number of carbonyl (C=O) groups is 1. The first-order valence-corrected chi connectivity index (χ1v) is 7.04. The number of methoxy groups -OCH3 is 1. The highest BCUT2D eigenvalue weighted by atomic mass is 35.5. The summed E-state index contributed by atoms with van der Waals surface area (Å²) in [5.74, 6) is -0.414. The average molecular weight is 305 g/mol. The molecule has 2 aromatic rings. The average Bonchev–Trinajstić information content (AvgIpc) is 2.49. The first-order valence-electron chi connectivity index (χ1n) is 6.66. The van der Waals surface area contributed by atoms with Crippen LogP contribution in [-0.4, -0.2) is 19.2 Å². The summed E-state index contributed by atoms with van der Waals surface area (Å²) in [6.07, 6.45) is -0.724. The maximum Gasteiger partial charge on any atom is 0.338 e. The molecule has 0 aliphatic heterocycles. The van der Waals surface area contributed by atoms with E-state index in [0.717, 1.165) is 5.56 Å². The third-order valence-corrected chi connectivity index (χ3v) is 3.40. The molecular weight excluding hydrogens is 288 g/mol. The van der Waals surface area contributed by atoms with Crippen LogP contribution in [0, 0.1) is 0 Å². The predicted octanol–water partition coefficient (Wildman–Crippen LogP) is 4.27. The summed E-state index contributed by atoms with van der Waals surface area (Å²) >= 11 is 5.88. The lowest BCUT2D eigenvalue weighted by Gasteiger charge is -2.23. The van der Waals surface area contributed by atoms with Crippen LogP contribution in [0.2, 0.25) is 5.02 Å². The van der Waals surface area contributed by atoms with Gasteiger partial charge in [0.15, 0.2) is 0 Å². The van der Waals surface area contributed by atoms with Gasteiger partial charge in [-0.05, 0) is 30.7 Å². The first kappa shape index (κ1) is 15.5. The highest BCUT2D eigenvalue weighted by molar-refractivity contribution is 6.30. The lowest BCUT2D eigenvalue weighted by Crippen LogP contribution is -2.24. The smallest absolute Gasteiger partial charge is 0.338 e. The molecule has 0 heterocycles. The summed E-state index contributed by atoms with van der Waals surface area (Å²) in [5, 5.41) is 0.503. The van der Waals surface area contributed by atoms with Gasteiger partial charge in [-0.3, -0.25) is 0 Å². The number of halogens is 1. The van der Waals surface area contributed by atoms with Crippen molar-refractivity contribution in [2.45, 2.75) is 19.1 Å². The van der Waals surface area contributed by atoms with Crippen LogP contribution < -0.4 is 0 Å². The molecule has 2 atom stereocenters. The molecule has 0 aliphatic rings. The van der Waals surface area contributed by atoms with E-state index in [1.165, 1.54) is 0 Å². The van der Waals surface area contributed by atoms with Gasteiger partial charge in [0.2, 0.25) is 0 Å². The second-order valence-corrected chi connectivity index (χ2v) is 5.12. The van der Waals surface area contributed by atoms with Crippen molar-refractivity contribution in [1.82, 2.24) is 0 Å². The van der Waals surface area contributed by atoms with Crippen LogP contribution in [0.5, 0.6) is 0 Å². The molecule has 21 heavy (non-hydrogen) atoms. The Kier molecular flexibility index (Phi) is 5.37. The fourth-order valence-electron chi connectivity index (χ4n) is 2.16. The highest BCUT2D eigenvalue weighted by Crippen LogP contribution is 2.23. The molecule has 0 aromatic heterocycles.